The molecule has 0 aliphatic carbocycles. The van der Waals surface area contributed by atoms with E-state index >= 15 is 0 Å². The van der Waals surface area contributed by atoms with Crippen molar-refractivity contribution in [2.45, 2.75) is 90.7 Å². The van der Waals surface area contributed by atoms with Gasteiger partial charge in [0.1, 0.15) is 11.9 Å². The highest BCUT2D eigenvalue weighted by Crippen LogP contribution is 2.39. The first-order valence-corrected chi connectivity index (χ1v) is 17.7. The number of fused-ring (bicyclic) bond motifs is 1. The number of imidazole rings is 1. The number of anilines is 1. The van der Waals surface area contributed by atoms with Crippen molar-refractivity contribution in [1.82, 2.24) is 14.1 Å². The van der Waals surface area contributed by atoms with Gasteiger partial charge in [-0.2, -0.15) is 0 Å². The molecule has 9 heteroatoms. The molecule has 0 radical (unpaired) electrons. The van der Waals surface area contributed by atoms with Gasteiger partial charge in [0.05, 0.1) is 11.8 Å². The van der Waals surface area contributed by atoms with E-state index in [1.165, 1.54) is 16.5 Å². The number of nitrogens with two attached hydrogens (primary N) is 1. The van der Waals surface area contributed by atoms with E-state index in [0.29, 0.717) is 6.42 Å². The Labute approximate surface area is 250 Å². The molecule has 2 aromatic heterocycles. The summed E-state index contributed by atoms with van der Waals surface area (Å²) in [5.74, 6) is -0.519. The zero-order chi connectivity index (χ0) is 30.5. The van der Waals surface area contributed by atoms with E-state index in [-0.39, 0.29) is 22.9 Å². The summed E-state index contributed by atoms with van der Waals surface area (Å²) >= 11 is 0. The molecular formula is C33H45N5O3Si. The lowest BCUT2D eigenvalue weighted by molar-refractivity contribution is -0.116. The van der Waals surface area contributed by atoms with E-state index in [9.17, 15) is 9.59 Å². The number of hydrogen-bond donors (Lipinski definition) is 2. The van der Waals surface area contributed by atoms with Crippen molar-refractivity contribution < 1.29 is 14.0 Å². The van der Waals surface area contributed by atoms with Gasteiger partial charge in [-0.1, -0.05) is 57.2 Å². The number of amides is 2. The molecule has 2 aromatic carbocycles. The maximum atomic E-state index is 12.7. The number of aromatic nitrogens is 3. The van der Waals surface area contributed by atoms with E-state index in [0.717, 1.165) is 43.4 Å². The van der Waals surface area contributed by atoms with Crippen LogP contribution in [0.4, 0.5) is 5.69 Å². The standard InChI is InChI=1S/C33H45N5O3Si/c1-24-21-37(19-11-16-31(41-42(5,6)33(2,3)4)38-22-28(32(34)40)35-23-38)29-20-26(17-18-27(24)29)36-30(39)15-10-14-25-12-8-7-9-13-25/h7-9,12-13,17-18,20-23,31H,10-11,14-16,19H2,1-6H3,(H2,34,40)(H,36,39)/t31-/m1/s1. The number of carbonyl (C=O) groups excluding carboxylic acids is 2. The fourth-order valence-corrected chi connectivity index (χ4v) is 6.18. The monoisotopic (exact) mass is 587 g/mol. The number of aryl methyl sites for hydroxylation is 3. The highest BCUT2D eigenvalue weighted by atomic mass is 28.4. The summed E-state index contributed by atoms with van der Waals surface area (Å²) in [5.41, 5.74) is 10.0. The van der Waals surface area contributed by atoms with Crippen molar-refractivity contribution in [3.8, 4) is 0 Å². The van der Waals surface area contributed by atoms with Crippen molar-refractivity contribution in [1.29, 1.82) is 0 Å². The second-order valence-corrected chi connectivity index (χ2v) is 17.4. The van der Waals surface area contributed by atoms with Gasteiger partial charge in [0.25, 0.3) is 5.91 Å². The fraction of sp³-hybridized carbons (Fsp3) is 0.424. The van der Waals surface area contributed by atoms with Gasteiger partial charge in [-0.3, -0.25) is 9.59 Å². The molecule has 3 N–H and O–H groups in total. The Bertz CT molecular complexity index is 1520. The van der Waals surface area contributed by atoms with Crippen LogP contribution >= 0.6 is 0 Å². The molecule has 42 heavy (non-hydrogen) atoms. The number of primary amides is 1. The zero-order valence-electron chi connectivity index (χ0n) is 25.8. The van der Waals surface area contributed by atoms with Gasteiger partial charge in [-0.25, -0.2) is 4.98 Å². The van der Waals surface area contributed by atoms with Crippen LogP contribution < -0.4 is 11.1 Å². The predicted octanol–water partition coefficient (Wildman–Crippen LogP) is 7.21. The molecule has 0 bridgehead atoms. The highest BCUT2D eigenvalue weighted by molar-refractivity contribution is 6.74. The van der Waals surface area contributed by atoms with E-state index in [2.05, 4.69) is 86.1 Å². The minimum Gasteiger partial charge on any atom is -0.397 e. The number of nitrogens with zero attached hydrogens (tertiary/aromatic N) is 3. The fourth-order valence-electron chi connectivity index (χ4n) is 4.90. The topological polar surface area (TPSA) is 104 Å². The Morgan fingerprint density at radius 3 is 2.48 bits per heavy atom. The van der Waals surface area contributed by atoms with Crippen LogP contribution in [0, 0.1) is 6.92 Å². The minimum atomic E-state index is -2.10. The smallest absolute Gasteiger partial charge is 0.268 e. The first kappa shape index (κ1) is 31.2. The molecule has 224 valence electrons. The number of benzene rings is 2. The van der Waals surface area contributed by atoms with Crippen LogP contribution in [0.1, 0.15) is 74.3 Å². The largest absolute Gasteiger partial charge is 0.397 e. The summed E-state index contributed by atoms with van der Waals surface area (Å²) in [6.07, 6.45) is 9.02. The third-order valence-corrected chi connectivity index (χ3v) is 12.8. The van der Waals surface area contributed by atoms with Crippen molar-refractivity contribution in [3.63, 3.8) is 0 Å². The Kier molecular flexibility index (Phi) is 9.73. The van der Waals surface area contributed by atoms with Crippen LogP contribution in [0.2, 0.25) is 18.1 Å². The molecule has 4 rings (SSSR count). The maximum Gasteiger partial charge on any atom is 0.268 e. The van der Waals surface area contributed by atoms with Crippen molar-refractivity contribution in [3.05, 3.63) is 84.1 Å². The average molecular weight is 588 g/mol. The second-order valence-electron chi connectivity index (χ2n) is 12.7. The van der Waals surface area contributed by atoms with Gasteiger partial charge in [0.15, 0.2) is 8.32 Å². The molecule has 0 aliphatic heterocycles. The summed E-state index contributed by atoms with van der Waals surface area (Å²) in [4.78, 5) is 28.6. The lowest BCUT2D eigenvalue weighted by Crippen LogP contribution is -2.42. The third-order valence-electron chi connectivity index (χ3n) is 8.35. The highest BCUT2D eigenvalue weighted by Gasteiger charge is 2.39. The van der Waals surface area contributed by atoms with Crippen LogP contribution in [-0.2, 0) is 22.2 Å². The third kappa shape index (κ3) is 7.77. The number of rotatable bonds is 13. The lowest BCUT2D eigenvalue weighted by Gasteiger charge is -2.39. The van der Waals surface area contributed by atoms with Crippen LogP contribution in [0.3, 0.4) is 0 Å². The molecule has 0 spiro atoms. The number of hydrogen-bond acceptors (Lipinski definition) is 4. The summed E-state index contributed by atoms with van der Waals surface area (Å²) < 4.78 is 10.9. The van der Waals surface area contributed by atoms with E-state index in [4.69, 9.17) is 10.2 Å². The molecule has 2 amide bonds. The van der Waals surface area contributed by atoms with Crippen LogP contribution in [0.15, 0.2) is 67.3 Å². The molecule has 0 unspecified atom stereocenters. The Morgan fingerprint density at radius 2 is 1.81 bits per heavy atom. The van der Waals surface area contributed by atoms with Gasteiger partial charge in [0.2, 0.25) is 5.91 Å². The number of carbonyl (C=O) groups is 2. The average Bonchev–Trinajstić information content (AvgIpc) is 3.53. The maximum absolute atomic E-state index is 12.7. The molecular weight excluding hydrogens is 542 g/mol. The Hall–Kier alpha value is -3.69. The second kappa shape index (κ2) is 13.1. The van der Waals surface area contributed by atoms with Gasteiger partial charge in [-0.15, -0.1) is 0 Å². The van der Waals surface area contributed by atoms with Gasteiger partial charge >= 0.3 is 0 Å². The predicted molar refractivity (Wildman–Crippen MR) is 172 cm³/mol. The van der Waals surface area contributed by atoms with Gasteiger partial charge in [0, 0.05) is 36.4 Å². The van der Waals surface area contributed by atoms with Crippen LogP contribution in [0.25, 0.3) is 10.9 Å². The molecule has 0 saturated heterocycles. The molecule has 4 aromatic rings. The van der Waals surface area contributed by atoms with Crippen LogP contribution in [-0.4, -0.2) is 34.2 Å². The van der Waals surface area contributed by atoms with Gasteiger partial charge in [-0.05, 0) is 74.0 Å². The SMILES string of the molecule is Cc1cn(CCC[C@@H](O[Si](C)(C)C(C)(C)C)n2cnc(C(N)=O)c2)c2cc(NC(=O)CCCc3ccccc3)ccc12. The zero-order valence-corrected chi connectivity index (χ0v) is 26.8. The van der Waals surface area contributed by atoms with Crippen molar-refractivity contribution in [2.24, 2.45) is 5.73 Å². The first-order valence-electron chi connectivity index (χ1n) is 14.8. The summed E-state index contributed by atoms with van der Waals surface area (Å²) in [6, 6.07) is 16.4. The molecule has 8 nitrogen and oxygen atoms in total. The molecule has 0 fully saturated rings. The van der Waals surface area contributed by atoms with Gasteiger partial charge < -0.3 is 24.6 Å². The summed E-state index contributed by atoms with van der Waals surface area (Å²) in [5, 5.41) is 4.30. The van der Waals surface area contributed by atoms with Crippen LogP contribution in [0.5, 0.6) is 0 Å². The lowest BCUT2D eigenvalue weighted by atomic mass is 10.1. The van der Waals surface area contributed by atoms with Crippen molar-refractivity contribution >= 4 is 36.7 Å². The Balaban J connectivity index is 1.43. The number of nitrogens with one attached hydrogen (secondary N) is 1. The molecule has 2 heterocycles. The first-order chi connectivity index (χ1) is 19.8. The summed E-state index contributed by atoms with van der Waals surface area (Å²) in [6.45, 7) is 14.0. The van der Waals surface area contributed by atoms with E-state index in [1.807, 2.05) is 28.8 Å². The quantitative estimate of drug-likeness (QED) is 0.161. The molecule has 1 atom stereocenters. The summed E-state index contributed by atoms with van der Waals surface area (Å²) in [7, 11) is -2.10. The van der Waals surface area contributed by atoms with Crippen molar-refractivity contribution in [2.75, 3.05) is 5.32 Å². The van der Waals surface area contributed by atoms with E-state index in [1.54, 1.807) is 12.5 Å². The Morgan fingerprint density at radius 1 is 1.07 bits per heavy atom. The minimum absolute atomic E-state index is 0.0291. The normalized spacial score (nSPS) is 12.9. The molecule has 0 aliphatic rings. The molecule has 0 saturated carbocycles. The van der Waals surface area contributed by atoms with E-state index < -0.39 is 14.2 Å².